The number of hydrogen-bond donors (Lipinski definition) is 1. The Morgan fingerprint density at radius 3 is 2.76 bits per heavy atom. The van der Waals surface area contributed by atoms with Gasteiger partial charge >= 0.3 is 5.97 Å². The Balaban J connectivity index is 1.79. The van der Waals surface area contributed by atoms with Crippen molar-refractivity contribution in [2.75, 3.05) is 36.0 Å². The zero-order valence-electron chi connectivity index (χ0n) is 11.8. The van der Waals surface area contributed by atoms with E-state index in [0.717, 1.165) is 24.6 Å². The summed E-state index contributed by atoms with van der Waals surface area (Å²) >= 11 is 1.89. The molecular weight excluding hydrogens is 291 g/mol. The Labute approximate surface area is 127 Å². The zero-order chi connectivity index (χ0) is 14.8. The third-order valence-corrected chi connectivity index (χ3v) is 5.00. The van der Waals surface area contributed by atoms with E-state index in [9.17, 15) is 9.18 Å². The molecule has 3 rings (SSSR count). The van der Waals surface area contributed by atoms with Crippen molar-refractivity contribution >= 4 is 23.4 Å². The molecule has 0 saturated carbocycles. The molecule has 114 valence electrons. The molecule has 1 aromatic carbocycles. The van der Waals surface area contributed by atoms with Crippen LogP contribution in [0.25, 0.3) is 0 Å². The Kier molecular flexibility index (Phi) is 4.35. The van der Waals surface area contributed by atoms with Gasteiger partial charge in [-0.2, -0.15) is 11.8 Å². The summed E-state index contributed by atoms with van der Waals surface area (Å²) in [6.07, 6.45) is 0.290. The van der Waals surface area contributed by atoms with Crippen molar-refractivity contribution in [3.63, 3.8) is 0 Å². The molecule has 21 heavy (non-hydrogen) atoms. The molecule has 0 aromatic heterocycles. The average Bonchev–Trinajstić information content (AvgIpc) is 2.89. The molecule has 2 atom stereocenters. The van der Waals surface area contributed by atoms with Crippen LogP contribution in [0.15, 0.2) is 18.2 Å². The number of halogens is 1. The molecule has 0 aliphatic carbocycles. The molecule has 2 fully saturated rings. The van der Waals surface area contributed by atoms with Crippen LogP contribution in [0.3, 0.4) is 0 Å². The summed E-state index contributed by atoms with van der Waals surface area (Å²) in [5, 5.41) is 0. The van der Waals surface area contributed by atoms with E-state index in [0.29, 0.717) is 24.2 Å². The molecule has 0 bridgehead atoms. The molecule has 1 aromatic rings. The number of hydrogen-bond acceptors (Lipinski definition) is 5. The molecule has 0 spiro atoms. The molecule has 2 N–H and O–H groups in total. The highest BCUT2D eigenvalue weighted by atomic mass is 32.2. The molecule has 2 aliphatic rings. The molecule has 0 radical (unpaired) electrons. The first kappa shape index (κ1) is 14.7. The number of thioether (sulfide) groups is 1. The number of rotatable bonds is 3. The highest BCUT2D eigenvalue weighted by molar-refractivity contribution is 7.99. The quantitative estimate of drug-likeness (QED) is 0.862. The molecule has 6 heteroatoms. The minimum Gasteiger partial charge on any atom is -0.461 e. The Bertz CT molecular complexity index is 534. The van der Waals surface area contributed by atoms with E-state index in [-0.39, 0.29) is 23.8 Å². The topological polar surface area (TPSA) is 55.6 Å². The SMILES string of the molecule is NC[C@H]1C[C@H](c2ccc(N3CCSCC3)c(F)c2)C(=O)O1. The second-order valence-electron chi connectivity index (χ2n) is 5.39. The van der Waals surface area contributed by atoms with E-state index in [1.165, 1.54) is 6.07 Å². The summed E-state index contributed by atoms with van der Waals surface area (Å²) in [6, 6.07) is 5.09. The van der Waals surface area contributed by atoms with Crippen LogP contribution >= 0.6 is 11.8 Å². The number of anilines is 1. The fraction of sp³-hybridized carbons (Fsp3) is 0.533. The van der Waals surface area contributed by atoms with Crippen molar-refractivity contribution < 1.29 is 13.9 Å². The lowest BCUT2D eigenvalue weighted by Crippen LogP contribution is -2.33. The Morgan fingerprint density at radius 2 is 2.14 bits per heavy atom. The van der Waals surface area contributed by atoms with Crippen LogP contribution in [0.1, 0.15) is 17.9 Å². The molecule has 0 unspecified atom stereocenters. The van der Waals surface area contributed by atoms with Crippen molar-refractivity contribution in [2.45, 2.75) is 18.4 Å². The number of nitrogens with two attached hydrogens (primary N) is 1. The standard InChI is InChI=1S/C15H19FN2O2S/c16-13-7-10(12-8-11(9-17)20-15(12)19)1-2-14(13)18-3-5-21-6-4-18/h1-2,7,11-12H,3-6,8-9,17H2/t11-,12-/m1/s1. The highest BCUT2D eigenvalue weighted by Crippen LogP contribution is 2.33. The third-order valence-electron chi connectivity index (χ3n) is 4.05. The van der Waals surface area contributed by atoms with Gasteiger partial charge in [0.25, 0.3) is 0 Å². The fourth-order valence-electron chi connectivity index (χ4n) is 2.87. The maximum Gasteiger partial charge on any atom is 0.313 e. The number of esters is 1. The minimum atomic E-state index is -0.390. The summed E-state index contributed by atoms with van der Waals surface area (Å²) in [6.45, 7) is 2.04. The van der Waals surface area contributed by atoms with Crippen LogP contribution in [-0.2, 0) is 9.53 Å². The van der Waals surface area contributed by atoms with Gasteiger partial charge in [-0.3, -0.25) is 4.79 Å². The van der Waals surface area contributed by atoms with Crippen molar-refractivity contribution in [3.05, 3.63) is 29.6 Å². The van der Waals surface area contributed by atoms with Crippen molar-refractivity contribution in [3.8, 4) is 0 Å². The summed E-state index contributed by atoms with van der Waals surface area (Å²) in [5.74, 6) is 1.09. The lowest BCUT2D eigenvalue weighted by molar-refractivity contribution is -0.142. The molecule has 4 nitrogen and oxygen atoms in total. The molecule has 0 amide bonds. The van der Waals surface area contributed by atoms with Crippen LogP contribution < -0.4 is 10.6 Å². The van der Waals surface area contributed by atoms with Gasteiger partial charge in [0.05, 0.1) is 11.6 Å². The first-order valence-corrected chi connectivity index (χ1v) is 8.37. The van der Waals surface area contributed by atoms with Crippen LogP contribution in [0, 0.1) is 5.82 Å². The predicted molar refractivity (Wildman–Crippen MR) is 82.2 cm³/mol. The van der Waals surface area contributed by atoms with E-state index in [2.05, 4.69) is 4.90 Å². The summed E-state index contributed by atoms with van der Waals surface area (Å²) in [7, 11) is 0. The Morgan fingerprint density at radius 1 is 1.38 bits per heavy atom. The normalized spacial score (nSPS) is 26.0. The van der Waals surface area contributed by atoms with Gasteiger partial charge in [-0.05, 0) is 17.7 Å². The summed E-state index contributed by atoms with van der Waals surface area (Å²) in [4.78, 5) is 13.9. The second kappa shape index (κ2) is 6.23. The summed E-state index contributed by atoms with van der Waals surface area (Å²) < 4.78 is 19.5. The number of benzene rings is 1. The lowest BCUT2D eigenvalue weighted by atomic mass is 9.95. The van der Waals surface area contributed by atoms with E-state index in [1.54, 1.807) is 6.07 Å². The number of ether oxygens (including phenoxy) is 1. The van der Waals surface area contributed by atoms with E-state index in [1.807, 2.05) is 17.8 Å². The zero-order valence-corrected chi connectivity index (χ0v) is 12.6. The Hall–Kier alpha value is -1.27. The van der Waals surface area contributed by atoms with Crippen LogP contribution in [0.4, 0.5) is 10.1 Å². The maximum absolute atomic E-state index is 14.4. The lowest BCUT2D eigenvalue weighted by Gasteiger charge is -2.29. The minimum absolute atomic E-state index is 0.246. The number of carbonyl (C=O) groups is 1. The predicted octanol–water partition coefficient (Wildman–Crippen LogP) is 1.74. The number of cyclic esters (lactones) is 1. The van der Waals surface area contributed by atoms with Crippen molar-refractivity contribution in [1.29, 1.82) is 0 Å². The summed E-state index contributed by atoms with van der Waals surface area (Å²) in [5.41, 5.74) is 6.84. The molecule has 2 heterocycles. The van der Waals surface area contributed by atoms with Gasteiger partial charge in [-0.25, -0.2) is 4.39 Å². The van der Waals surface area contributed by atoms with Gasteiger partial charge in [-0.1, -0.05) is 6.07 Å². The second-order valence-corrected chi connectivity index (χ2v) is 6.62. The third kappa shape index (κ3) is 3.01. The van der Waals surface area contributed by atoms with E-state index < -0.39 is 0 Å². The van der Waals surface area contributed by atoms with Crippen LogP contribution in [0.2, 0.25) is 0 Å². The number of carbonyl (C=O) groups excluding carboxylic acids is 1. The molecule has 2 saturated heterocycles. The van der Waals surface area contributed by atoms with Gasteiger partial charge in [0, 0.05) is 37.6 Å². The van der Waals surface area contributed by atoms with E-state index >= 15 is 0 Å². The fourth-order valence-corrected chi connectivity index (χ4v) is 3.77. The first-order valence-electron chi connectivity index (χ1n) is 7.21. The van der Waals surface area contributed by atoms with Crippen molar-refractivity contribution in [1.82, 2.24) is 0 Å². The molecule has 2 aliphatic heterocycles. The van der Waals surface area contributed by atoms with Crippen LogP contribution in [0.5, 0.6) is 0 Å². The van der Waals surface area contributed by atoms with Crippen LogP contribution in [-0.4, -0.2) is 43.2 Å². The maximum atomic E-state index is 14.4. The van der Waals surface area contributed by atoms with Crippen molar-refractivity contribution in [2.24, 2.45) is 5.73 Å². The highest BCUT2D eigenvalue weighted by Gasteiger charge is 2.35. The molecular formula is C15H19FN2O2S. The largest absolute Gasteiger partial charge is 0.461 e. The smallest absolute Gasteiger partial charge is 0.313 e. The van der Waals surface area contributed by atoms with E-state index in [4.69, 9.17) is 10.5 Å². The van der Waals surface area contributed by atoms with Gasteiger partial charge < -0.3 is 15.4 Å². The monoisotopic (exact) mass is 310 g/mol. The van der Waals surface area contributed by atoms with Gasteiger partial charge in [0.2, 0.25) is 0 Å². The average molecular weight is 310 g/mol. The van der Waals surface area contributed by atoms with Gasteiger partial charge in [0.15, 0.2) is 0 Å². The van der Waals surface area contributed by atoms with Gasteiger partial charge in [0.1, 0.15) is 11.9 Å². The van der Waals surface area contributed by atoms with Gasteiger partial charge in [-0.15, -0.1) is 0 Å². The number of nitrogens with zero attached hydrogens (tertiary/aromatic N) is 1. The first-order chi connectivity index (χ1) is 10.2.